The highest BCUT2D eigenvalue weighted by Crippen LogP contribution is 2.35. The monoisotopic (exact) mass is 390 g/mol. The highest BCUT2D eigenvalue weighted by atomic mass is 19.4. The van der Waals surface area contributed by atoms with Gasteiger partial charge in [-0.05, 0) is 45.3 Å². The number of alkyl halides is 3. The molecule has 1 N–H and O–H groups in total. The Hall–Kier alpha value is -2.87. The van der Waals surface area contributed by atoms with Crippen molar-refractivity contribution in [2.24, 2.45) is 0 Å². The third-order valence-corrected chi connectivity index (χ3v) is 4.38. The number of hydrogen-bond donors (Lipinski definition) is 1. The van der Waals surface area contributed by atoms with Crippen LogP contribution in [0.25, 0.3) is 11.0 Å². The van der Waals surface area contributed by atoms with E-state index in [0.29, 0.717) is 12.4 Å². The van der Waals surface area contributed by atoms with E-state index in [1.165, 1.54) is 18.2 Å². The summed E-state index contributed by atoms with van der Waals surface area (Å²) in [6.45, 7) is 2.14. The van der Waals surface area contributed by atoms with Crippen LogP contribution in [0.1, 0.15) is 24.4 Å². The molecule has 0 aliphatic rings. The number of aromatic nitrogens is 2. The summed E-state index contributed by atoms with van der Waals surface area (Å²) in [5.41, 5.74) is 0.353. The number of carbonyl (C=O) groups excluding carboxylic acids is 1. The summed E-state index contributed by atoms with van der Waals surface area (Å²) in [4.78, 5) is 19.3. The van der Waals surface area contributed by atoms with Crippen molar-refractivity contribution in [2.45, 2.75) is 25.7 Å². The fraction of sp³-hybridized carbons (Fsp3) is 0.300. The van der Waals surface area contributed by atoms with Crippen molar-refractivity contribution in [3.8, 4) is 0 Å². The Morgan fingerprint density at radius 3 is 2.46 bits per heavy atom. The maximum atomic E-state index is 13.2. The molecule has 0 saturated carbocycles. The zero-order valence-corrected chi connectivity index (χ0v) is 15.8. The molecule has 0 aliphatic carbocycles. The third-order valence-electron chi connectivity index (χ3n) is 4.38. The van der Waals surface area contributed by atoms with Gasteiger partial charge in [0.05, 0.1) is 28.8 Å². The van der Waals surface area contributed by atoms with E-state index < -0.39 is 23.7 Å². The number of fused-ring (bicyclic) bond motifs is 1. The molecule has 1 atom stereocenters. The van der Waals surface area contributed by atoms with Gasteiger partial charge in [-0.1, -0.05) is 24.3 Å². The van der Waals surface area contributed by atoms with E-state index in [1.807, 2.05) is 43.3 Å². The van der Waals surface area contributed by atoms with Gasteiger partial charge in [0.25, 0.3) is 0 Å². The molecule has 148 valence electrons. The summed E-state index contributed by atoms with van der Waals surface area (Å²) in [6.07, 6.45) is -4.55. The second-order valence-corrected chi connectivity index (χ2v) is 6.83. The third kappa shape index (κ3) is 4.01. The first-order chi connectivity index (χ1) is 13.2. The molecule has 5 nitrogen and oxygen atoms in total. The van der Waals surface area contributed by atoms with Crippen LogP contribution in [-0.2, 0) is 17.5 Å². The molecule has 8 heteroatoms. The number of nitrogens with one attached hydrogen (secondary N) is 1. The predicted octanol–water partition coefficient (Wildman–Crippen LogP) is 4.32. The largest absolute Gasteiger partial charge is 0.418 e. The van der Waals surface area contributed by atoms with Crippen LogP contribution in [0.5, 0.6) is 0 Å². The lowest BCUT2D eigenvalue weighted by molar-refractivity contribution is -0.137. The Morgan fingerprint density at radius 2 is 1.79 bits per heavy atom. The molecule has 2 aromatic carbocycles. The SMILES string of the molecule is CC(C(=O)Nc1ccccc1C(F)(F)F)n1c(CN(C)C)nc2ccccc21. The summed E-state index contributed by atoms with van der Waals surface area (Å²) in [7, 11) is 3.77. The van der Waals surface area contributed by atoms with Crippen LogP contribution < -0.4 is 5.32 Å². The molecule has 0 bridgehead atoms. The standard InChI is InChI=1S/C20H21F3N4O/c1-13(19(28)25-15-9-5-4-8-14(15)20(21,22)23)27-17-11-7-6-10-16(17)24-18(27)12-26(2)3/h4-11,13H,12H2,1-3H3,(H,25,28). The van der Waals surface area contributed by atoms with Gasteiger partial charge >= 0.3 is 6.18 Å². The number of benzene rings is 2. The van der Waals surface area contributed by atoms with Gasteiger partial charge in [0.1, 0.15) is 11.9 Å². The van der Waals surface area contributed by atoms with Gasteiger partial charge in [-0.3, -0.25) is 4.79 Å². The van der Waals surface area contributed by atoms with E-state index in [-0.39, 0.29) is 5.69 Å². The highest BCUT2D eigenvalue weighted by Gasteiger charge is 2.34. The lowest BCUT2D eigenvalue weighted by Gasteiger charge is -2.20. The minimum Gasteiger partial charge on any atom is -0.324 e. The zero-order valence-electron chi connectivity index (χ0n) is 15.8. The average molecular weight is 390 g/mol. The molecule has 1 amide bonds. The minimum absolute atomic E-state index is 0.259. The number of rotatable bonds is 5. The van der Waals surface area contributed by atoms with Gasteiger partial charge in [-0.2, -0.15) is 13.2 Å². The molecule has 0 radical (unpaired) electrons. The molecule has 1 heterocycles. The van der Waals surface area contributed by atoms with Crippen molar-refractivity contribution in [1.82, 2.24) is 14.5 Å². The van der Waals surface area contributed by atoms with Crippen LogP contribution in [0, 0.1) is 0 Å². The van der Waals surface area contributed by atoms with E-state index in [2.05, 4.69) is 10.3 Å². The number of nitrogens with zero attached hydrogens (tertiary/aromatic N) is 3. The maximum absolute atomic E-state index is 13.2. The van der Waals surface area contributed by atoms with Gasteiger partial charge in [-0.25, -0.2) is 4.98 Å². The molecular weight excluding hydrogens is 369 g/mol. The maximum Gasteiger partial charge on any atom is 0.418 e. The lowest BCUT2D eigenvalue weighted by atomic mass is 10.1. The number of imidazole rings is 1. The molecule has 1 unspecified atom stereocenters. The van der Waals surface area contributed by atoms with E-state index in [4.69, 9.17) is 0 Å². The molecule has 3 aromatic rings. The molecule has 3 rings (SSSR count). The predicted molar refractivity (Wildman–Crippen MR) is 102 cm³/mol. The Labute approximate surface area is 160 Å². The Morgan fingerprint density at radius 1 is 1.14 bits per heavy atom. The van der Waals surface area contributed by atoms with Crippen molar-refractivity contribution in [3.05, 3.63) is 59.9 Å². The highest BCUT2D eigenvalue weighted by molar-refractivity contribution is 5.95. The lowest BCUT2D eigenvalue weighted by Crippen LogP contribution is -2.27. The molecule has 28 heavy (non-hydrogen) atoms. The fourth-order valence-corrected chi connectivity index (χ4v) is 3.11. The molecule has 0 fully saturated rings. The van der Waals surface area contributed by atoms with E-state index in [0.717, 1.165) is 17.1 Å². The van der Waals surface area contributed by atoms with Crippen molar-refractivity contribution in [2.75, 3.05) is 19.4 Å². The van der Waals surface area contributed by atoms with Crippen LogP contribution in [0.2, 0.25) is 0 Å². The molecular formula is C20H21F3N4O. The van der Waals surface area contributed by atoms with Gasteiger partial charge in [-0.15, -0.1) is 0 Å². The first-order valence-electron chi connectivity index (χ1n) is 8.76. The van der Waals surface area contributed by atoms with Crippen LogP contribution in [0.3, 0.4) is 0 Å². The Balaban J connectivity index is 1.97. The van der Waals surface area contributed by atoms with E-state index in [1.54, 1.807) is 11.5 Å². The first kappa shape index (κ1) is 19.9. The average Bonchev–Trinajstić information content (AvgIpc) is 2.97. The first-order valence-corrected chi connectivity index (χ1v) is 8.76. The second kappa shape index (κ2) is 7.63. The van der Waals surface area contributed by atoms with E-state index in [9.17, 15) is 18.0 Å². The number of carbonyl (C=O) groups is 1. The van der Waals surface area contributed by atoms with Gasteiger partial charge in [0, 0.05) is 0 Å². The topological polar surface area (TPSA) is 50.2 Å². The Bertz CT molecular complexity index is 995. The minimum atomic E-state index is -4.55. The van der Waals surface area contributed by atoms with Crippen LogP contribution in [0.4, 0.5) is 18.9 Å². The smallest absolute Gasteiger partial charge is 0.324 e. The zero-order chi connectivity index (χ0) is 20.5. The summed E-state index contributed by atoms with van der Waals surface area (Å²) < 4.78 is 41.4. The summed E-state index contributed by atoms with van der Waals surface area (Å²) in [5.74, 6) is 0.123. The van der Waals surface area contributed by atoms with Crippen molar-refractivity contribution in [1.29, 1.82) is 0 Å². The van der Waals surface area contributed by atoms with Gasteiger partial charge < -0.3 is 14.8 Å². The van der Waals surface area contributed by atoms with Crippen LogP contribution >= 0.6 is 0 Å². The Kier molecular flexibility index (Phi) is 5.42. The number of halogens is 3. The van der Waals surface area contributed by atoms with Crippen molar-refractivity contribution < 1.29 is 18.0 Å². The summed E-state index contributed by atoms with van der Waals surface area (Å²) >= 11 is 0. The summed E-state index contributed by atoms with van der Waals surface area (Å²) in [5, 5.41) is 2.43. The molecule has 0 aliphatic heterocycles. The molecule has 0 spiro atoms. The number of anilines is 1. The second-order valence-electron chi connectivity index (χ2n) is 6.83. The number of amides is 1. The quantitative estimate of drug-likeness (QED) is 0.706. The molecule has 0 saturated heterocycles. The van der Waals surface area contributed by atoms with Crippen molar-refractivity contribution in [3.63, 3.8) is 0 Å². The van der Waals surface area contributed by atoms with Gasteiger partial charge in [0.15, 0.2) is 0 Å². The fourth-order valence-electron chi connectivity index (χ4n) is 3.11. The number of hydrogen-bond acceptors (Lipinski definition) is 3. The van der Waals surface area contributed by atoms with E-state index >= 15 is 0 Å². The van der Waals surface area contributed by atoms with Crippen molar-refractivity contribution >= 4 is 22.6 Å². The van der Waals surface area contributed by atoms with Crippen LogP contribution in [0.15, 0.2) is 48.5 Å². The summed E-state index contributed by atoms with van der Waals surface area (Å²) in [6, 6.07) is 11.6. The molecule has 1 aromatic heterocycles. The van der Waals surface area contributed by atoms with Gasteiger partial charge in [0.2, 0.25) is 5.91 Å². The van der Waals surface area contributed by atoms with Crippen LogP contribution in [-0.4, -0.2) is 34.5 Å². The normalized spacial score (nSPS) is 13.1. The number of para-hydroxylation sites is 3.